The third kappa shape index (κ3) is 5.47. The Labute approximate surface area is 98.6 Å². The van der Waals surface area contributed by atoms with Gasteiger partial charge >= 0.3 is 0 Å². The summed E-state index contributed by atoms with van der Waals surface area (Å²) < 4.78 is 0. The molecule has 0 fully saturated rings. The van der Waals surface area contributed by atoms with E-state index in [4.69, 9.17) is 10.8 Å². The standard InChI is InChI=1S/C12H26N2O2/c1-11(2,3)9(13)10(16)14-8-12(4,5)6-7-15/h9,15H,6-8,13H2,1-5H3,(H,14,16)/t9-/m0/s1. The Morgan fingerprint density at radius 1 is 1.31 bits per heavy atom. The van der Waals surface area contributed by atoms with Gasteiger partial charge in [-0.1, -0.05) is 34.6 Å². The van der Waals surface area contributed by atoms with Gasteiger partial charge in [0.2, 0.25) is 5.91 Å². The topological polar surface area (TPSA) is 75.3 Å². The molecule has 0 aromatic carbocycles. The highest BCUT2D eigenvalue weighted by atomic mass is 16.3. The molecule has 4 nitrogen and oxygen atoms in total. The van der Waals surface area contributed by atoms with Crippen LogP contribution in [0.2, 0.25) is 0 Å². The van der Waals surface area contributed by atoms with Gasteiger partial charge in [0, 0.05) is 13.2 Å². The number of nitrogens with two attached hydrogens (primary N) is 1. The Bertz CT molecular complexity index is 232. The number of amides is 1. The van der Waals surface area contributed by atoms with Crippen LogP contribution in [0.1, 0.15) is 41.0 Å². The quantitative estimate of drug-likeness (QED) is 0.656. The fourth-order valence-electron chi connectivity index (χ4n) is 1.22. The fraction of sp³-hybridized carbons (Fsp3) is 0.917. The first-order valence-electron chi connectivity index (χ1n) is 5.74. The number of nitrogens with one attached hydrogen (secondary N) is 1. The molecule has 0 aliphatic carbocycles. The van der Waals surface area contributed by atoms with Gasteiger partial charge in [0.15, 0.2) is 0 Å². The van der Waals surface area contributed by atoms with Gasteiger partial charge in [-0.15, -0.1) is 0 Å². The summed E-state index contributed by atoms with van der Waals surface area (Å²) in [7, 11) is 0. The zero-order valence-corrected chi connectivity index (χ0v) is 11.1. The molecule has 1 atom stereocenters. The van der Waals surface area contributed by atoms with E-state index in [9.17, 15) is 4.79 Å². The molecule has 0 saturated heterocycles. The lowest BCUT2D eigenvalue weighted by atomic mass is 9.86. The molecule has 0 aliphatic heterocycles. The van der Waals surface area contributed by atoms with Gasteiger partial charge in [-0.3, -0.25) is 4.79 Å². The second kappa shape index (κ2) is 5.64. The van der Waals surface area contributed by atoms with E-state index >= 15 is 0 Å². The van der Waals surface area contributed by atoms with Crippen LogP contribution in [0.25, 0.3) is 0 Å². The lowest BCUT2D eigenvalue weighted by Gasteiger charge is -2.29. The average Bonchev–Trinajstić information content (AvgIpc) is 2.11. The largest absolute Gasteiger partial charge is 0.396 e. The predicted octanol–water partition coefficient (Wildman–Crippen LogP) is 0.885. The fourth-order valence-corrected chi connectivity index (χ4v) is 1.22. The summed E-state index contributed by atoms with van der Waals surface area (Å²) in [4.78, 5) is 11.7. The minimum absolute atomic E-state index is 0.0952. The van der Waals surface area contributed by atoms with Gasteiger partial charge in [0.05, 0.1) is 6.04 Å². The van der Waals surface area contributed by atoms with Gasteiger partial charge in [0.25, 0.3) is 0 Å². The van der Waals surface area contributed by atoms with Crippen molar-refractivity contribution in [2.45, 2.75) is 47.1 Å². The summed E-state index contributed by atoms with van der Waals surface area (Å²) in [6, 6.07) is -0.502. The van der Waals surface area contributed by atoms with E-state index in [2.05, 4.69) is 5.32 Å². The lowest BCUT2D eigenvalue weighted by molar-refractivity contribution is -0.125. The molecule has 0 aliphatic rings. The highest BCUT2D eigenvalue weighted by Gasteiger charge is 2.28. The smallest absolute Gasteiger partial charge is 0.237 e. The van der Waals surface area contributed by atoms with E-state index in [-0.39, 0.29) is 23.3 Å². The van der Waals surface area contributed by atoms with Gasteiger partial charge in [0.1, 0.15) is 0 Å². The summed E-state index contributed by atoms with van der Waals surface area (Å²) in [5.41, 5.74) is 5.51. The minimum Gasteiger partial charge on any atom is -0.396 e. The Kier molecular flexibility index (Phi) is 5.42. The summed E-state index contributed by atoms with van der Waals surface area (Å²) in [5, 5.41) is 11.7. The van der Waals surface area contributed by atoms with E-state index in [0.717, 1.165) is 0 Å². The molecule has 0 aromatic heterocycles. The molecule has 0 aromatic rings. The van der Waals surface area contributed by atoms with Crippen LogP contribution in [0.3, 0.4) is 0 Å². The van der Waals surface area contributed by atoms with Crippen LogP contribution in [0, 0.1) is 10.8 Å². The van der Waals surface area contributed by atoms with Crippen LogP contribution in [0.5, 0.6) is 0 Å². The van der Waals surface area contributed by atoms with Crippen molar-refractivity contribution in [3.8, 4) is 0 Å². The van der Waals surface area contributed by atoms with Crippen molar-refractivity contribution >= 4 is 5.91 Å². The number of carbonyl (C=O) groups excluding carboxylic acids is 1. The number of aliphatic hydroxyl groups excluding tert-OH is 1. The highest BCUT2D eigenvalue weighted by molar-refractivity contribution is 5.82. The number of carbonyl (C=O) groups is 1. The molecule has 0 bridgehead atoms. The van der Waals surface area contributed by atoms with Crippen LogP contribution < -0.4 is 11.1 Å². The molecule has 0 radical (unpaired) electrons. The van der Waals surface area contributed by atoms with Crippen LogP contribution in [0.4, 0.5) is 0 Å². The van der Waals surface area contributed by atoms with E-state index in [1.165, 1.54) is 0 Å². The molecule has 0 spiro atoms. The summed E-state index contributed by atoms with van der Waals surface area (Å²) in [6.07, 6.45) is 0.665. The van der Waals surface area contributed by atoms with Crippen molar-refractivity contribution in [2.75, 3.05) is 13.2 Å². The molecule has 16 heavy (non-hydrogen) atoms. The van der Waals surface area contributed by atoms with Gasteiger partial charge in [-0.05, 0) is 17.3 Å². The second-order valence-electron chi connectivity index (χ2n) is 6.20. The van der Waals surface area contributed by atoms with Crippen molar-refractivity contribution in [3.63, 3.8) is 0 Å². The summed E-state index contributed by atoms with van der Waals surface area (Å²) in [6.45, 7) is 10.5. The summed E-state index contributed by atoms with van der Waals surface area (Å²) >= 11 is 0. The summed E-state index contributed by atoms with van der Waals surface area (Å²) in [5.74, 6) is -0.126. The zero-order chi connectivity index (χ0) is 13.0. The Balaban J connectivity index is 4.18. The number of aliphatic hydroxyl groups is 1. The molecule has 1 amide bonds. The third-order valence-corrected chi connectivity index (χ3v) is 2.75. The SMILES string of the molecule is CC(C)(CCO)CNC(=O)[C@H](N)C(C)(C)C. The molecular formula is C12H26N2O2. The van der Waals surface area contributed by atoms with E-state index in [0.29, 0.717) is 13.0 Å². The van der Waals surface area contributed by atoms with Crippen molar-refractivity contribution in [1.29, 1.82) is 0 Å². The molecule has 4 N–H and O–H groups in total. The van der Waals surface area contributed by atoms with E-state index in [1.54, 1.807) is 0 Å². The first-order chi connectivity index (χ1) is 7.10. The second-order valence-corrected chi connectivity index (χ2v) is 6.20. The maximum absolute atomic E-state index is 11.7. The lowest BCUT2D eigenvalue weighted by Crippen LogP contribution is -2.50. The van der Waals surface area contributed by atoms with Crippen LogP contribution in [-0.2, 0) is 4.79 Å². The molecule has 0 saturated carbocycles. The molecule has 4 heteroatoms. The van der Waals surface area contributed by atoms with Crippen molar-refractivity contribution < 1.29 is 9.90 Å². The third-order valence-electron chi connectivity index (χ3n) is 2.75. The molecule has 96 valence electrons. The van der Waals surface area contributed by atoms with E-state index < -0.39 is 6.04 Å². The molecule has 0 unspecified atom stereocenters. The Morgan fingerprint density at radius 3 is 2.19 bits per heavy atom. The molecular weight excluding hydrogens is 204 g/mol. The Hall–Kier alpha value is -0.610. The number of rotatable bonds is 5. The van der Waals surface area contributed by atoms with Crippen LogP contribution in [-0.4, -0.2) is 30.2 Å². The highest BCUT2D eigenvalue weighted by Crippen LogP contribution is 2.20. The maximum atomic E-state index is 11.7. The van der Waals surface area contributed by atoms with Crippen molar-refractivity contribution in [2.24, 2.45) is 16.6 Å². The zero-order valence-electron chi connectivity index (χ0n) is 11.1. The molecule has 0 heterocycles. The van der Waals surface area contributed by atoms with Crippen LogP contribution >= 0.6 is 0 Å². The maximum Gasteiger partial charge on any atom is 0.237 e. The Morgan fingerprint density at radius 2 is 1.81 bits per heavy atom. The van der Waals surface area contributed by atoms with Crippen molar-refractivity contribution in [1.82, 2.24) is 5.32 Å². The van der Waals surface area contributed by atoms with E-state index in [1.807, 2.05) is 34.6 Å². The number of hydrogen-bond acceptors (Lipinski definition) is 3. The normalized spacial score (nSPS) is 14.7. The predicted molar refractivity (Wildman–Crippen MR) is 65.9 cm³/mol. The van der Waals surface area contributed by atoms with Gasteiger partial charge < -0.3 is 16.2 Å². The van der Waals surface area contributed by atoms with Crippen LogP contribution in [0.15, 0.2) is 0 Å². The number of hydrogen-bond donors (Lipinski definition) is 3. The monoisotopic (exact) mass is 230 g/mol. The van der Waals surface area contributed by atoms with Crippen molar-refractivity contribution in [3.05, 3.63) is 0 Å². The molecule has 0 rings (SSSR count). The first kappa shape index (κ1) is 15.4. The van der Waals surface area contributed by atoms with Gasteiger partial charge in [-0.2, -0.15) is 0 Å². The van der Waals surface area contributed by atoms with Gasteiger partial charge in [-0.25, -0.2) is 0 Å². The minimum atomic E-state index is -0.502. The first-order valence-corrected chi connectivity index (χ1v) is 5.74. The average molecular weight is 230 g/mol.